The van der Waals surface area contributed by atoms with Crippen LogP contribution in [-0.4, -0.2) is 39.8 Å². The lowest BCUT2D eigenvalue weighted by atomic mass is 9.92. The molecule has 6 heteroatoms. The van der Waals surface area contributed by atoms with E-state index in [4.69, 9.17) is 4.74 Å². The van der Waals surface area contributed by atoms with Crippen LogP contribution in [0, 0.1) is 13.8 Å². The number of ether oxygens (including phenoxy) is 1. The summed E-state index contributed by atoms with van der Waals surface area (Å²) < 4.78 is 5.28. The number of carbonyl (C=O) groups excluding carboxylic acids is 1. The predicted molar refractivity (Wildman–Crippen MR) is 145 cm³/mol. The lowest BCUT2D eigenvalue weighted by Gasteiger charge is -2.27. The van der Waals surface area contributed by atoms with Gasteiger partial charge in [-0.2, -0.15) is 5.10 Å². The van der Waals surface area contributed by atoms with Crippen LogP contribution in [0.3, 0.4) is 0 Å². The van der Waals surface area contributed by atoms with Crippen LogP contribution in [0.15, 0.2) is 60.7 Å². The first kappa shape index (κ1) is 24.6. The summed E-state index contributed by atoms with van der Waals surface area (Å²) >= 11 is 0. The van der Waals surface area contributed by atoms with Gasteiger partial charge in [-0.05, 0) is 72.2 Å². The maximum Gasteiger partial charge on any atom is 0.273 e. The standard InChI is InChI=1S/C31H33N3O3/c1-18(2)22-8-10-23(11-9-22)29-26-27(25-17-19(3)16-20(4)30(25)35)32-33-28(26)31(36)34(29)15-14-21-6-12-24(37-5)13-7-21/h6-13,16-18,29,35H,14-15H2,1-5H3,(H,32,33)/t29-/m0/s1. The molecule has 0 fully saturated rings. The van der Waals surface area contributed by atoms with Crippen LogP contribution >= 0.6 is 0 Å². The van der Waals surface area contributed by atoms with Gasteiger partial charge in [0.15, 0.2) is 0 Å². The Morgan fingerprint density at radius 2 is 1.76 bits per heavy atom. The molecule has 0 radical (unpaired) electrons. The minimum Gasteiger partial charge on any atom is -0.507 e. The van der Waals surface area contributed by atoms with Crippen LogP contribution in [0.1, 0.15) is 69.7 Å². The zero-order valence-corrected chi connectivity index (χ0v) is 22.0. The number of aromatic hydroxyl groups is 1. The van der Waals surface area contributed by atoms with Crippen molar-refractivity contribution in [3.05, 3.63) is 99.7 Å². The number of benzene rings is 3. The monoisotopic (exact) mass is 495 g/mol. The molecule has 190 valence electrons. The van der Waals surface area contributed by atoms with Crippen molar-refractivity contribution in [1.82, 2.24) is 15.1 Å². The molecule has 37 heavy (non-hydrogen) atoms. The maximum absolute atomic E-state index is 13.7. The number of amides is 1. The second kappa shape index (κ2) is 9.77. The second-order valence-electron chi connectivity index (χ2n) is 10.2. The van der Waals surface area contributed by atoms with Gasteiger partial charge in [0.1, 0.15) is 22.9 Å². The van der Waals surface area contributed by atoms with Crippen molar-refractivity contribution in [1.29, 1.82) is 0 Å². The molecule has 2 heterocycles. The SMILES string of the molecule is COc1ccc(CCN2C(=O)c3[nH]nc(-c4cc(C)cc(C)c4O)c3[C@@H]2c2ccc(C(C)C)cc2)cc1. The number of nitrogens with one attached hydrogen (secondary N) is 1. The van der Waals surface area contributed by atoms with Gasteiger partial charge in [0.2, 0.25) is 0 Å². The molecule has 1 aliphatic rings. The second-order valence-corrected chi connectivity index (χ2v) is 10.2. The third kappa shape index (κ3) is 4.48. The highest BCUT2D eigenvalue weighted by atomic mass is 16.5. The number of hydrogen-bond donors (Lipinski definition) is 2. The summed E-state index contributed by atoms with van der Waals surface area (Å²) in [6, 6.07) is 20.0. The van der Waals surface area contributed by atoms with Crippen LogP contribution in [0.25, 0.3) is 11.3 Å². The van der Waals surface area contributed by atoms with E-state index in [0.29, 0.717) is 35.8 Å². The lowest BCUT2D eigenvalue weighted by molar-refractivity contribution is 0.0746. The minimum atomic E-state index is -0.309. The summed E-state index contributed by atoms with van der Waals surface area (Å²) in [6.07, 6.45) is 0.706. The summed E-state index contributed by atoms with van der Waals surface area (Å²) in [6.45, 7) is 8.77. The van der Waals surface area contributed by atoms with E-state index in [2.05, 4.69) is 48.3 Å². The molecule has 4 aromatic rings. The number of hydrogen-bond acceptors (Lipinski definition) is 4. The number of aromatic amines is 1. The van der Waals surface area contributed by atoms with Gasteiger partial charge in [-0.25, -0.2) is 0 Å². The Hall–Kier alpha value is -4.06. The number of nitrogens with zero attached hydrogens (tertiary/aromatic N) is 2. The zero-order chi connectivity index (χ0) is 26.3. The molecule has 0 spiro atoms. The fraction of sp³-hybridized carbons (Fsp3) is 0.290. The highest BCUT2D eigenvalue weighted by molar-refractivity contribution is 6.00. The highest BCUT2D eigenvalue weighted by Gasteiger charge is 2.42. The normalized spacial score (nSPS) is 14.9. The van der Waals surface area contributed by atoms with Crippen LogP contribution in [0.4, 0.5) is 0 Å². The predicted octanol–water partition coefficient (Wildman–Crippen LogP) is 6.32. The number of phenolic OH excluding ortho intramolecular Hbond substituents is 1. The fourth-order valence-corrected chi connectivity index (χ4v) is 5.22. The van der Waals surface area contributed by atoms with Crippen LogP contribution in [0.2, 0.25) is 0 Å². The molecule has 0 saturated carbocycles. The third-order valence-corrected chi connectivity index (χ3v) is 7.28. The van der Waals surface area contributed by atoms with E-state index in [0.717, 1.165) is 33.6 Å². The Morgan fingerprint density at radius 3 is 2.41 bits per heavy atom. The number of aromatic nitrogens is 2. The van der Waals surface area contributed by atoms with E-state index in [9.17, 15) is 9.90 Å². The van der Waals surface area contributed by atoms with E-state index in [1.165, 1.54) is 5.56 Å². The molecule has 1 atom stereocenters. The van der Waals surface area contributed by atoms with Crippen molar-refractivity contribution in [3.8, 4) is 22.8 Å². The van der Waals surface area contributed by atoms with E-state index in [1.807, 2.05) is 55.1 Å². The molecular weight excluding hydrogens is 462 g/mol. The van der Waals surface area contributed by atoms with Gasteiger partial charge in [-0.1, -0.05) is 56.3 Å². The van der Waals surface area contributed by atoms with E-state index < -0.39 is 0 Å². The number of H-pyrrole nitrogens is 1. The first-order valence-electron chi connectivity index (χ1n) is 12.7. The molecule has 0 unspecified atom stereocenters. The third-order valence-electron chi connectivity index (χ3n) is 7.28. The number of methoxy groups -OCH3 is 1. The van der Waals surface area contributed by atoms with Crippen molar-refractivity contribution in [2.24, 2.45) is 0 Å². The van der Waals surface area contributed by atoms with E-state index in [1.54, 1.807) is 7.11 Å². The Labute approximate surface area is 217 Å². The van der Waals surface area contributed by atoms with Gasteiger partial charge >= 0.3 is 0 Å². The molecule has 6 nitrogen and oxygen atoms in total. The number of phenols is 1. The number of rotatable bonds is 7. The van der Waals surface area contributed by atoms with Gasteiger partial charge in [0.05, 0.1) is 13.2 Å². The molecule has 5 rings (SSSR count). The fourth-order valence-electron chi connectivity index (χ4n) is 5.22. The summed E-state index contributed by atoms with van der Waals surface area (Å²) in [4.78, 5) is 15.6. The molecule has 0 saturated heterocycles. The largest absolute Gasteiger partial charge is 0.507 e. The average Bonchev–Trinajstić information content (AvgIpc) is 3.44. The van der Waals surface area contributed by atoms with Crippen LogP contribution in [-0.2, 0) is 6.42 Å². The first-order valence-corrected chi connectivity index (χ1v) is 12.7. The maximum atomic E-state index is 13.7. The van der Waals surface area contributed by atoms with Gasteiger partial charge in [-0.3, -0.25) is 9.89 Å². The zero-order valence-electron chi connectivity index (χ0n) is 22.0. The molecule has 1 amide bonds. The number of carbonyl (C=O) groups is 1. The highest BCUT2D eigenvalue weighted by Crippen LogP contribution is 2.45. The molecule has 3 aromatic carbocycles. The molecule has 2 N–H and O–H groups in total. The molecule has 0 bridgehead atoms. The summed E-state index contributed by atoms with van der Waals surface area (Å²) in [5.41, 5.74) is 7.78. The van der Waals surface area contributed by atoms with E-state index in [-0.39, 0.29) is 17.7 Å². The van der Waals surface area contributed by atoms with Gasteiger partial charge in [-0.15, -0.1) is 0 Å². The van der Waals surface area contributed by atoms with Crippen molar-refractivity contribution in [2.75, 3.05) is 13.7 Å². The smallest absolute Gasteiger partial charge is 0.273 e. The van der Waals surface area contributed by atoms with Crippen LogP contribution in [0.5, 0.6) is 11.5 Å². The van der Waals surface area contributed by atoms with E-state index >= 15 is 0 Å². The summed E-state index contributed by atoms with van der Waals surface area (Å²) in [7, 11) is 1.65. The summed E-state index contributed by atoms with van der Waals surface area (Å²) in [5.74, 6) is 1.34. The summed E-state index contributed by atoms with van der Waals surface area (Å²) in [5, 5.41) is 18.5. The van der Waals surface area contributed by atoms with Crippen molar-refractivity contribution >= 4 is 5.91 Å². The Bertz CT molecular complexity index is 1440. The Morgan fingerprint density at radius 1 is 1.05 bits per heavy atom. The molecular formula is C31H33N3O3. The molecule has 1 aromatic heterocycles. The number of aryl methyl sites for hydroxylation is 2. The first-order chi connectivity index (χ1) is 17.8. The quantitative estimate of drug-likeness (QED) is 0.315. The Kier molecular flexibility index (Phi) is 6.50. The van der Waals surface area contributed by atoms with Gasteiger partial charge < -0.3 is 14.7 Å². The van der Waals surface area contributed by atoms with Crippen LogP contribution < -0.4 is 4.74 Å². The number of fused-ring (bicyclic) bond motifs is 1. The van der Waals surface area contributed by atoms with Gasteiger partial charge in [0.25, 0.3) is 5.91 Å². The minimum absolute atomic E-state index is 0.0796. The lowest BCUT2D eigenvalue weighted by Crippen LogP contribution is -2.31. The molecule has 1 aliphatic heterocycles. The topological polar surface area (TPSA) is 78.5 Å². The average molecular weight is 496 g/mol. The van der Waals surface area contributed by atoms with Crippen molar-refractivity contribution < 1.29 is 14.6 Å². The Balaban J connectivity index is 1.58. The van der Waals surface area contributed by atoms with Gasteiger partial charge in [0, 0.05) is 17.7 Å². The van der Waals surface area contributed by atoms with Crippen molar-refractivity contribution in [3.63, 3.8) is 0 Å². The van der Waals surface area contributed by atoms with Crippen molar-refractivity contribution in [2.45, 2.75) is 46.1 Å². The molecule has 0 aliphatic carbocycles.